The Bertz CT molecular complexity index is 433. The molecule has 0 fully saturated rings. The molecule has 0 radical (unpaired) electrons. The Morgan fingerprint density at radius 3 is 2.59 bits per heavy atom. The van der Waals surface area contributed by atoms with Crippen molar-refractivity contribution < 1.29 is 4.74 Å². The Morgan fingerprint density at radius 2 is 1.94 bits per heavy atom. The molecular weight excluding hydrogens is 210 g/mol. The smallest absolute Gasteiger partial charge is 0.0728 e. The van der Waals surface area contributed by atoms with Gasteiger partial charge in [0, 0.05) is 11.8 Å². The molecule has 0 N–H and O–H groups in total. The first kappa shape index (κ1) is 12.3. The maximum atomic E-state index is 5.63. The van der Waals surface area contributed by atoms with Gasteiger partial charge in [-0.15, -0.1) is 0 Å². The molecule has 0 bridgehead atoms. The summed E-state index contributed by atoms with van der Waals surface area (Å²) in [7, 11) is 0. The average Bonchev–Trinajstić information content (AvgIpc) is 2.50. The average molecular weight is 231 g/mol. The third-order valence-corrected chi connectivity index (χ3v) is 3.20. The fourth-order valence-corrected chi connectivity index (χ4v) is 2.36. The van der Waals surface area contributed by atoms with E-state index in [9.17, 15) is 0 Å². The number of hydrogen-bond acceptors (Lipinski definition) is 2. The topological polar surface area (TPSA) is 22.1 Å². The molecular formula is C15H21NO. The van der Waals surface area contributed by atoms with Crippen LogP contribution in [0, 0.1) is 5.92 Å². The minimum Gasteiger partial charge on any atom is -0.373 e. The van der Waals surface area contributed by atoms with Gasteiger partial charge in [0.15, 0.2) is 0 Å². The van der Waals surface area contributed by atoms with E-state index in [1.54, 1.807) is 0 Å². The molecule has 92 valence electrons. The first-order valence-corrected chi connectivity index (χ1v) is 6.37. The lowest BCUT2D eigenvalue weighted by molar-refractivity contribution is 0.150. The van der Waals surface area contributed by atoms with E-state index < -0.39 is 0 Å². The third-order valence-electron chi connectivity index (χ3n) is 3.20. The molecule has 0 saturated carbocycles. The number of hydrogen-bond donors (Lipinski definition) is 0. The van der Waals surface area contributed by atoms with Crippen molar-refractivity contribution in [2.24, 2.45) is 5.92 Å². The summed E-state index contributed by atoms with van der Waals surface area (Å²) in [6.07, 6.45) is 4.12. The van der Waals surface area contributed by atoms with Crippen molar-refractivity contribution in [2.75, 3.05) is 6.61 Å². The minimum atomic E-state index is 0.449. The molecule has 0 atom stereocenters. The number of allylic oxidation sites excluding steroid dienone is 1. The minimum absolute atomic E-state index is 0.449. The van der Waals surface area contributed by atoms with Crippen LogP contribution < -0.4 is 0 Å². The quantitative estimate of drug-likeness (QED) is 0.773. The lowest BCUT2D eigenvalue weighted by atomic mass is 9.88. The lowest BCUT2D eigenvalue weighted by Crippen LogP contribution is -2.06. The molecule has 2 nitrogen and oxygen atoms in total. The van der Waals surface area contributed by atoms with Gasteiger partial charge >= 0.3 is 0 Å². The summed E-state index contributed by atoms with van der Waals surface area (Å²) in [5.41, 5.74) is 5.19. The Labute approximate surface area is 104 Å². The van der Waals surface area contributed by atoms with Gasteiger partial charge in [0.2, 0.25) is 0 Å². The summed E-state index contributed by atoms with van der Waals surface area (Å²) in [5, 5.41) is 0. The van der Waals surface area contributed by atoms with Gasteiger partial charge in [-0.3, -0.25) is 4.98 Å². The fourth-order valence-electron chi connectivity index (χ4n) is 2.36. The van der Waals surface area contributed by atoms with E-state index in [1.165, 1.54) is 22.4 Å². The largest absolute Gasteiger partial charge is 0.373 e. The number of rotatable bonds is 2. The van der Waals surface area contributed by atoms with Gasteiger partial charge in [0.05, 0.1) is 18.9 Å². The number of ether oxygens (including phenoxy) is 1. The van der Waals surface area contributed by atoms with Crippen LogP contribution in [0.1, 0.15) is 50.4 Å². The first-order valence-electron chi connectivity index (χ1n) is 6.37. The van der Waals surface area contributed by atoms with Gasteiger partial charge in [-0.25, -0.2) is 0 Å². The molecule has 0 aliphatic carbocycles. The Kier molecular flexibility index (Phi) is 3.63. The summed E-state index contributed by atoms with van der Waals surface area (Å²) in [6.45, 7) is 10.3. The van der Waals surface area contributed by atoms with E-state index in [2.05, 4.69) is 44.8 Å². The zero-order valence-electron chi connectivity index (χ0n) is 11.2. The number of pyridine rings is 1. The molecule has 0 saturated heterocycles. The predicted molar refractivity (Wildman–Crippen MR) is 70.8 cm³/mol. The van der Waals surface area contributed by atoms with Crippen LogP contribution in [0.2, 0.25) is 0 Å². The van der Waals surface area contributed by atoms with Crippen molar-refractivity contribution in [3.05, 3.63) is 35.2 Å². The van der Waals surface area contributed by atoms with E-state index in [0.717, 1.165) is 0 Å². The van der Waals surface area contributed by atoms with Crippen LogP contribution in [-0.2, 0) is 11.3 Å². The molecule has 1 aromatic heterocycles. The van der Waals surface area contributed by atoms with E-state index in [1.807, 2.05) is 6.20 Å². The molecule has 0 spiro atoms. The molecule has 2 heteroatoms. The number of aromatic nitrogens is 1. The lowest BCUT2D eigenvalue weighted by Gasteiger charge is -2.19. The normalized spacial score (nSPS) is 15.8. The monoisotopic (exact) mass is 231 g/mol. The molecule has 0 amide bonds. The van der Waals surface area contributed by atoms with Crippen LogP contribution >= 0.6 is 0 Å². The molecule has 2 rings (SSSR count). The predicted octanol–water partition coefficient (Wildman–Crippen LogP) is 3.77. The highest BCUT2D eigenvalue weighted by Crippen LogP contribution is 2.33. The molecule has 1 aliphatic heterocycles. The van der Waals surface area contributed by atoms with E-state index in [4.69, 9.17) is 4.74 Å². The van der Waals surface area contributed by atoms with Gasteiger partial charge in [0.25, 0.3) is 0 Å². The Morgan fingerprint density at radius 1 is 1.18 bits per heavy atom. The van der Waals surface area contributed by atoms with Crippen molar-refractivity contribution in [1.29, 1.82) is 0 Å². The highest BCUT2D eigenvalue weighted by Gasteiger charge is 2.20. The highest BCUT2D eigenvalue weighted by atomic mass is 16.5. The number of nitrogens with zero attached hydrogens (tertiary/aromatic N) is 1. The van der Waals surface area contributed by atoms with Crippen LogP contribution in [0.3, 0.4) is 0 Å². The van der Waals surface area contributed by atoms with Gasteiger partial charge in [-0.2, -0.15) is 0 Å². The summed E-state index contributed by atoms with van der Waals surface area (Å²) in [5.74, 6) is 0.961. The van der Waals surface area contributed by atoms with Crippen LogP contribution in [0.4, 0.5) is 0 Å². The first-order chi connectivity index (χ1) is 8.11. The van der Waals surface area contributed by atoms with Gasteiger partial charge in [0.1, 0.15) is 0 Å². The van der Waals surface area contributed by atoms with Crippen LogP contribution in [0.15, 0.2) is 18.3 Å². The second-order valence-corrected chi connectivity index (χ2v) is 5.21. The fraction of sp³-hybridized carbons (Fsp3) is 0.533. The highest BCUT2D eigenvalue weighted by molar-refractivity contribution is 5.72. The standard InChI is InChI=1S/C15H21NO/c1-10(2)13-6-8-17-9-12-5-7-16-15(11(3)4)14(12)13/h5-7,10-11H,8-9H2,1-4H3. The Hall–Kier alpha value is -1.15. The van der Waals surface area contributed by atoms with Crippen molar-refractivity contribution in [2.45, 2.75) is 40.2 Å². The van der Waals surface area contributed by atoms with Crippen LogP contribution in [-0.4, -0.2) is 11.6 Å². The Balaban J connectivity index is 2.61. The van der Waals surface area contributed by atoms with Crippen molar-refractivity contribution in [1.82, 2.24) is 4.98 Å². The van der Waals surface area contributed by atoms with Crippen LogP contribution in [0.25, 0.3) is 5.57 Å². The molecule has 17 heavy (non-hydrogen) atoms. The molecule has 2 heterocycles. The summed E-state index contributed by atoms with van der Waals surface area (Å²) >= 11 is 0. The summed E-state index contributed by atoms with van der Waals surface area (Å²) in [6, 6.07) is 2.09. The molecule has 0 aromatic carbocycles. The van der Waals surface area contributed by atoms with Crippen molar-refractivity contribution in [3.8, 4) is 0 Å². The van der Waals surface area contributed by atoms with E-state index in [0.29, 0.717) is 25.0 Å². The van der Waals surface area contributed by atoms with E-state index >= 15 is 0 Å². The maximum Gasteiger partial charge on any atom is 0.0728 e. The maximum absolute atomic E-state index is 5.63. The second kappa shape index (κ2) is 5.01. The summed E-state index contributed by atoms with van der Waals surface area (Å²) < 4.78 is 5.63. The second-order valence-electron chi connectivity index (χ2n) is 5.21. The van der Waals surface area contributed by atoms with Gasteiger partial charge < -0.3 is 4.74 Å². The molecule has 1 aliphatic rings. The SMILES string of the molecule is CC(C)C1=CCOCc2ccnc(C(C)C)c21. The number of fused-ring (bicyclic) bond motifs is 1. The molecule has 1 aromatic rings. The van der Waals surface area contributed by atoms with E-state index in [-0.39, 0.29) is 0 Å². The van der Waals surface area contributed by atoms with Gasteiger partial charge in [-0.1, -0.05) is 33.8 Å². The third kappa shape index (κ3) is 2.42. The zero-order chi connectivity index (χ0) is 12.4. The zero-order valence-corrected chi connectivity index (χ0v) is 11.2. The van der Waals surface area contributed by atoms with Crippen molar-refractivity contribution in [3.63, 3.8) is 0 Å². The van der Waals surface area contributed by atoms with Gasteiger partial charge in [-0.05, 0) is 29.0 Å². The summed E-state index contributed by atoms with van der Waals surface area (Å²) in [4.78, 5) is 4.57. The molecule has 0 unspecified atom stereocenters. The van der Waals surface area contributed by atoms with Crippen molar-refractivity contribution >= 4 is 5.57 Å². The van der Waals surface area contributed by atoms with Crippen LogP contribution in [0.5, 0.6) is 0 Å².